The summed E-state index contributed by atoms with van der Waals surface area (Å²) in [7, 11) is 0. The van der Waals surface area contributed by atoms with Gasteiger partial charge in [-0.3, -0.25) is 9.59 Å². The van der Waals surface area contributed by atoms with Crippen molar-refractivity contribution >= 4 is 18.0 Å². The van der Waals surface area contributed by atoms with Crippen LogP contribution in [-0.2, 0) is 14.3 Å². The normalized spacial score (nSPS) is 14.0. The number of carboxylic acid groups (broad SMARTS) is 1. The van der Waals surface area contributed by atoms with Crippen LogP contribution in [0.5, 0.6) is 0 Å². The third-order valence-corrected chi connectivity index (χ3v) is 6.27. The molecule has 2 atom stereocenters. The maximum Gasteiger partial charge on any atom is 0.407 e. The second-order valence-electron chi connectivity index (χ2n) is 8.48. The number of fused-ring (bicyclic) bond motifs is 3. The molecule has 0 saturated heterocycles. The van der Waals surface area contributed by atoms with Crippen LogP contribution in [0, 0.1) is 5.92 Å². The molecular weight excluding hydrogens is 420 g/mol. The summed E-state index contributed by atoms with van der Waals surface area (Å²) in [4.78, 5) is 35.0. The predicted molar refractivity (Wildman–Crippen MR) is 126 cm³/mol. The average molecular weight is 453 g/mol. The van der Waals surface area contributed by atoms with Crippen LogP contribution in [0.3, 0.4) is 0 Å². The van der Waals surface area contributed by atoms with Crippen LogP contribution >= 0.6 is 0 Å². The number of benzene rings is 2. The third kappa shape index (κ3) is 6.34. The molecule has 2 aromatic rings. The molecule has 33 heavy (non-hydrogen) atoms. The molecule has 0 aliphatic heterocycles. The van der Waals surface area contributed by atoms with E-state index in [1.165, 1.54) is 29.2 Å². The molecule has 0 saturated carbocycles. The summed E-state index contributed by atoms with van der Waals surface area (Å²) < 4.78 is 5.55. The van der Waals surface area contributed by atoms with Gasteiger partial charge in [-0.05, 0) is 47.9 Å². The second-order valence-corrected chi connectivity index (χ2v) is 8.48. The number of nitrogens with one attached hydrogen (secondary N) is 2. The predicted octanol–water partition coefficient (Wildman–Crippen LogP) is 4.31. The van der Waals surface area contributed by atoms with Crippen LogP contribution < -0.4 is 10.6 Å². The second kappa shape index (κ2) is 11.5. The Morgan fingerprint density at radius 2 is 1.61 bits per heavy atom. The van der Waals surface area contributed by atoms with Gasteiger partial charge >= 0.3 is 12.1 Å². The molecule has 2 aromatic carbocycles. The molecule has 0 radical (unpaired) electrons. The van der Waals surface area contributed by atoms with Gasteiger partial charge in [-0.25, -0.2) is 4.79 Å². The Labute approximate surface area is 194 Å². The number of hydrogen-bond acceptors (Lipinski definition) is 4. The fraction of sp³-hybridized carbons (Fsp3) is 0.423. The third-order valence-electron chi connectivity index (χ3n) is 6.27. The van der Waals surface area contributed by atoms with Crippen molar-refractivity contribution in [1.29, 1.82) is 0 Å². The van der Waals surface area contributed by atoms with Crippen LogP contribution in [0.25, 0.3) is 11.1 Å². The van der Waals surface area contributed by atoms with Gasteiger partial charge < -0.3 is 20.5 Å². The lowest BCUT2D eigenvalue weighted by Gasteiger charge is -2.17. The molecule has 0 spiro atoms. The first-order valence-electron chi connectivity index (χ1n) is 11.5. The van der Waals surface area contributed by atoms with E-state index in [-0.39, 0.29) is 30.8 Å². The molecule has 1 aliphatic rings. The number of amides is 2. The molecule has 176 valence electrons. The summed E-state index contributed by atoms with van der Waals surface area (Å²) in [6.07, 6.45) is 2.05. The monoisotopic (exact) mass is 452 g/mol. The van der Waals surface area contributed by atoms with Gasteiger partial charge in [0.1, 0.15) is 12.6 Å². The summed E-state index contributed by atoms with van der Waals surface area (Å²) in [6, 6.07) is 15.5. The van der Waals surface area contributed by atoms with E-state index in [0.717, 1.165) is 12.8 Å². The van der Waals surface area contributed by atoms with Crippen molar-refractivity contribution in [2.75, 3.05) is 13.2 Å². The van der Waals surface area contributed by atoms with Crippen LogP contribution in [-0.4, -0.2) is 42.3 Å². The zero-order valence-electron chi connectivity index (χ0n) is 19.2. The van der Waals surface area contributed by atoms with E-state index in [1.54, 1.807) is 0 Å². The first-order valence-corrected chi connectivity index (χ1v) is 11.5. The van der Waals surface area contributed by atoms with Crippen LogP contribution in [0.2, 0.25) is 0 Å². The molecule has 7 nitrogen and oxygen atoms in total. The molecule has 0 bridgehead atoms. The summed E-state index contributed by atoms with van der Waals surface area (Å²) >= 11 is 0. The van der Waals surface area contributed by atoms with Crippen molar-refractivity contribution in [2.24, 2.45) is 5.92 Å². The quantitative estimate of drug-likeness (QED) is 0.471. The average Bonchev–Trinajstić information content (AvgIpc) is 3.13. The van der Waals surface area contributed by atoms with E-state index >= 15 is 0 Å². The molecule has 2 amide bonds. The van der Waals surface area contributed by atoms with Crippen molar-refractivity contribution in [2.45, 2.75) is 51.5 Å². The van der Waals surface area contributed by atoms with Crippen molar-refractivity contribution in [3.8, 4) is 11.1 Å². The maximum absolute atomic E-state index is 12.3. The maximum atomic E-state index is 12.3. The molecular formula is C26H32N2O5. The highest BCUT2D eigenvalue weighted by Gasteiger charge is 2.29. The molecule has 0 fully saturated rings. The van der Waals surface area contributed by atoms with Crippen LogP contribution in [0.15, 0.2) is 48.5 Å². The van der Waals surface area contributed by atoms with Gasteiger partial charge in [0.15, 0.2) is 0 Å². The Balaban J connectivity index is 1.42. The van der Waals surface area contributed by atoms with Gasteiger partial charge in [0, 0.05) is 18.9 Å². The van der Waals surface area contributed by atoms with Gasteiger partial charge in [0.25, 0.3) is 0 Å². The molecule has 0 aromatic heterocycles. The molecule has 3 N–H and O–H groups in total. The minimum absolute atomic E-state index is 0.0262. The van der Waals surface area contributed by atoms with Crippen molar-refractivity contribution in [3.05, 3.63) is 59.7 Å². The summed E-state index contributed by atoms with van der Waals surface area (Å²) in [5.74, 6) is -1.04. The number of carboxylic acids is 1. The highest BCUT2D eigenvalue weighted by molar-refractivity contribution is 5.83. The minimum Gasteiger partial charge on any atom is -0.480 e. The molecule has 3 rings (SSSR count). The van der Waals surface area contributed by atoms with Gasteiger partial charge in [-0.1, -0.05) is 61.9 Å². The number of carbonyl (C=O) groups is 3. The van der Waals surface area contributed by atoms with E-state index in [2.05, 4.69) is 34.9 Å². The first kappa shape index (κ1) is 24.3. The smallest absolute Gasteiger partial charge is 0.407 e. The SMILES string of the molecule is CCC(CCNC(=O)OCC1c2ccccc2-c2ccccc21)CCC(=O)N[C@@H](C)C(=O)O. The zero-order chi connectivity index (χ0) is 23.8. The standard InChI is InChI=1S/C26H32N2O5/c1-3-18(12-13-24(29)28-17(2)25(30)31)14-15-27-26(32)33-16-23-21-10-6-4-8-19(21)20-9-5-7-11-22(20)23/h4-11,17-18,23H,3,12-16H2,1-2H3,(H,27,32)(H,28,29)(H,30,31)/t17-,18?/m0/s1. The van der Waals surface area contributed by atoms with E-state index in [9.17, 15) is 14.4 Å². The molecule has 1 aliphatic carbocycles. The van der Waals surface area contributed by atoms with Crippen LogP contribution in [0.1, 0.15) is 56.6 Å². The fourth-order valence-electron chi connectivity index (χ4n) is 4.29. The number of aliphatic carboxylic acids is 1. The number of alkyl carbamates (subject to hydrolysis) is 1. The molecule has 0 heterocycles. The molecule has 7 heteroatoms. The molecule has 1 unspecified atom stereocenters. The number of carbonyl (C=O) groups excluding carboxylic acids is 2. The summed E-state index contributed by atoms with van der Waals surface area (Å²) in [6.45, 7) is 4.22. The summed E-state index contributed by atoms with van der Waals surface area (Å²) in [5.41, 5.74) is 4.73. The van der Waals surface area contributed by atoms with E-state index < -0.39 is 18.1 Å². The number of hydrogen-bond donors (Lipinski definition) is 3. The van der Waals surface area contributed by atoms with Gasteiger partial charge in [-0.2, -0.15) is 0 Å². The topological polar surface area (TPSA) is 105 Å². The largest absolute Gasteiger partial charge is 0.480 e. The van der Waals surface area contributed by atoms with Gasteiger partial charge in [0.05, 0.1) is 0 Å². The van der Waals surface area contributed by atoms with Crippen molar-refractivity contribution < 1.29 is 24.2 Å². The van der Waals surface area contributed by atoms with Crippen LogP contribution in [0.4, 0.5) is 4.79 Å². The highest BCUT2D eigenvalue weighted by Crippen LogP contribution is 2.44. The first-order chi connectivity index (χ1) is 15.9. The van der Waals surface area contributed by atoms with Gasteiger partial charge in [0.2, 0.25) is 5.91 Å². The minimum atomic E-state index is -1.05. The lowest BCUT2D eigenvalue weighted by molar-refractivity contribution is -0.141. The Morgan fingerprint density at radius 1 is 1.00 bits per heavy atom. The number of rotatable bonds is 11. The fourth-order valence-corrected chi connectivity index (χ4v) is 4.29. The van der Waals surface area contributed by atoms with E-state index in [0.29, 0.717) is 13.0 Å². The Kier molecular flexibility index (Phi) is 8.46. The number of ether oxygens (including phenoxy) is 1. The van der Waals surface area contributed by atoms with E-state index in [1.807, 2.05) is 31.2 Å². The van der Waals surface area contributed by atoms with Crippen molar-refractivity contribution in [3.63, 3.8) is 0 Å². The Bertz CT molecular complexity index is 945. The zero-order valence-corrected chi connectivity index (χ0v) is 19.2. The van der Waals surface area contributed by atoms with Gasteiger partial charge in [-0.15, -0.1) is 0 Å². The summed E-state index contributed by atoms with van der Waals surface area (Å²) in [5, 5.41) is 14.1. The highest BCUT2D eigenvalue weighted by atomic mass is 16.5. The lowest BCUT2D eigenvalue weighted by atomic mass is 9.96. The lowest BCUT2D eigenvalue weighted by Crippen LogP contribution is -2.38. The Morgan fingerprint density at radius 3 is 2.18 bits per heavy atom. The van der Waals surface area contributed by atoms with Crippen molar-refractivity contribution in [1.82, 2.24) is 10.6 Å². The van der Waals surface area contributed by atoms with E-state index in [4.69, 9.17) is 9.84 Å². The Hall–Kier alpha value is -3.35.